The van der Waals surface area contributed by atoms with E-state index in [9.17, 15) is 4.79 Å². The van der Waals surface area contributed by atoms with E-state index < -0.39 is 0 Å². The van der Waals surface area contributed by atoms with Gasteiger partial charge in [-0.25, -0.2) is 0 Å². The fourth-order valence-corrected chi connectivity index (χ4v) is 2.33. The van der Waals surface area contributed by atoms with Crippen molar-refractivity contribution in [1.29, 1.82) is 0 Å². The minimum absolute atomic E-state index is 0.107. The summed E-state index contributed by atoms with van der Waals surface area (Å²) in [5.41, 5.74) is 1.36. The predicted molar refractivity (Wildman–Crippen MR) is 99.8 cm³/mol. The highest BCUT2D eigenvalue weighted by atomic mass is 16.5. The van der Waals surface area contributed by atoms with Crippen LogP contribution in [0.15, 0.2) is 48.5 Å². The van der Waals surface area contributed by atoms with E-state index in [0.29, 0.717) is 29.4 Å². The summed E-state index contributed by atoms with van der Waals surface area (Å²) < 4.78 is 16.3. The summed E-state index contributed by atoms with van der Waals surface area (Å²) in [6, 6.07) is 12.8. The van der Waals surface area contributed by atoms with Crippen LogP contribution in [0.2, 0.25) is 0 Å². The molecule has 0 unspecified atom stereocenters. The molecule has 0 spiro atoms. The number of hydrogen-bond acceptors (Lipinski definition) is 4. The molecule has 132 valence electrons. The van der Waals surface area contributed by atoms with E-state index in [2.05, 4.69) is 6.92 Å². The van der Waals surface area contributed by atoms with Gasteiger partial charge in [-0.2, -0.15) is 0 Å². The van der Waals surface area contributed by atoms with Crippen molar-refractivity contribution in [2.75, 3.05) is 20.8 Å². The predicted octanol–water partition coefficient (Wildman–Crippen LogP) is 4.78. The molecule has 0 saturated carbocycles. The van der Waals surface area contributed by atoms with E-state index in [0.717, 1.165) is 18.4 Å². The Hall–Kier alpha value is -2.75. The lowest BCUT2D eigenvalue weighted by Crippen LogP contribution is -2.03. The molecule has 4 nitrogen and oxygen atoms in total. The fourth-order valence-electron chi connectivity index (χ4n) is 2.33. The maximum Gasteiger partial charge on any atom is 0.189 e. The Morgan fingerprint density at radius 3 is 2.56 bits per heavy atom. The molecule has 4 heteroatoms. The Balaban J connectivity index is 2.18. The maximum absolute atomic E-state index is 12.6. The second-order valence-corrected chi connectivity index (χ2v) is 5.50. The second-order valence-electron chi connectivity index (χ2n) is 5.50. The number of carbonyl (C=O) groups is 1. The SMILES string of the molecule is CCCCOc1ccccc1C(=O)/C=C/c1ccc(OC)cc1OC. The largest absolute Gasteiger partial charge is 0.497 e. The first-order valence-corrected chi connectivity index (χ1v) is 8.35. The third-order valence-corrected chi connectivity index (χ3v) is 3.76. The minimum Gasteiger partial charge on any atom is -0.497 e. The lowest BCUT2D eigenvalue weighted by atomic mass is 10.1. The van der Waals surface area contributed by atoms with Crippen LogP contribution in [0.25, 0.3) is 6.08 Å². The standard InChI is InChI=1S/C21H24O4/c1-4-5-14-25-20-9-7-6-8-18(20)19(22)13-11-16-10-12-17(23-2)15-21(16)24-3/h6-13,15H,4-5,14H2,1-3H3/b13-11+. The van der Waals surface area contributed by atoms with Gasteiger partial charge in [-0.05, 0) is 42.8 Å². The van der Waals surface area contributed by atoms with Crippen LogP contribution in [0.5, 0.6) is 17.2 Å². The van der Waals surface area contributed by atoms with Crippen molar-refractivity contribution >= 4 is 11.9 Å². The number of carbonyl (C=O) groups excluding carboxylic acids is 1. The van der Waals surface area contributed by atoms with Crippen molar-refractivity contribution in [3.8, 4) is 17.2 Å². The zero-order valence-electron chi connectivity index (χ0n) is 15.0. The second kappa shape index (κ2) is 9.52. The summed E-state index contributed by atoms with van der Waals surface area (Å²) in [5.74, 6) is 1.86. The van der Waals surface area contributed by atoms with Crippen LogP contribution < -0.4 is 14.2 Å². The van der Waals surface area contributed by atoms with Gasteiger partial charge in [0.15, 0.2) is 5.78 Å². The molecular weight excluding hydrogens is 316 g/mol. The van der Waals surface area contributed by atoms with Gasteiger partial charge in [0.2, 0.25) is 0 Å². The molecule has 0 fully saturated rings. The quantitative estimate of drug-likeness (QED) is 0.374. The summed E-state index contributed by atoms with van der Waals surface area (Å²) >= 11 is 0. The summed E-state index contributed by atoms with van der Waals surface area (Å²) in [6.45, 7) is 2.71. The molecule has 2 aromatic rings. The fraction of sp³-hybridized carbons (Fsp3) is 0.286. The average molecular weight is 340 g/mol. The molecule has 0 radical (unpaired) electrons. The molecule has 0 aliphatic rings. The summed E-state index contributed by atoms with van der Waals surface area (Å²) in [7, 11) is 3.19. The van der Waals surface area contributed by atoms with Crippen LogP contribution in [0.1, 0.15) is 35.7 Å². The van der Waals surface area contributed by atoms with Gasteiger partial charge in [0.25, 0.3) is 0 Å². The highest BCUT2D eigenvalue weighted by Crippen LogP contribution is 2.26. The topological polar surface area (TPSA) is 44.8 Å². The smallest absolute Gasteiger partial charge is 0.189 e. The van der Waals surface area contributed by atoms with Crippen molar-refractivity contribution in [2.24, 2.45) is 0 Å². The first-order valence-electron chi connectivity index (χ1n) is 8.35. The number of methoxy groups -OCH3 is 2. The molecule has 0 N–H and O–H groups in total. The number of allylic oxidation sites excluding steroid dienone is 1. The van der Waals surface area contributed by atoms with Gasteiger partial charge in [-0.1, -0.05) is 25.5 Å². The van der Waals surface area contributed by atoms with E-state index in [4.69, 9.17) is 14.2 Å². The van der Waals surface area contributed by atoms with Gasteiger partial charge in [0.1, 0.15) is 17.2 Å². The zero-order chi connectivity index (χ0) is 18.1. The third-order valence-electron chi connectivity index (χ3n) is 3.76. The summed E-state index contributed by atoms with van der Waals surface area (Å²) in [4.78, 5) is 12.6. The third kappa shape index (κ3) is 5.11. The molecule has 2 rings (SSSR count). The molecule has 25 heavy (non-hydrogen) atoms. The molecule has 0 heterocycles. The first kappa shape index (κ1) is 18.6. The summed E-state index contributed by atoms with van der Waals surface area (Å²) in [5, 5.41) is 0. The Morgan fingerprint density at radius 1 is 1.04 bits per heavy atom. The van der Waals surface area contributed by atoms with Crippen molar-refractivity contribution in [2.45, 2.75) is 19.8 Å². The van der Waals surface area contributed by atoms with Crippen LogP contribution in [0, 0.1) is 0 Å². The van der Waals surface area contributed by atoms with E-state index in [1.807, 2.05) is 30.3 Å². The highest BCUT2D eigenvalue weighted by molar-refractivity contribution is 6.08. The highest BCUT2D eigenvalue weighted by Gasteiger charge is 2.10. The Labute approximate surface area is 149 Å². The number of unbranched alkanes of at least 4 members (excludes halogenated alkanes) is 1. The molecule has 0 saturated heterocycles. The number of para-hydroxylation sites is 1. The van der Waals surface area contributed by atoms with Crippen molar-refractivity contribution < 1.29 is 19.0 Å². The number of hydrogen-bond donors (Lipinski definition) is 0. The van der Waals surface area contributed by atoms with Gasteiger partial charge in [0.05, 0.1) is 26.4 Å². The molecule has 0 amide bonds. The summed E-state index contributed by atoms with van der Waals surface area (Å²) in [6.07, 6.45) is 5.28. The lowest BCUT2D eigenvalue weighted by molar-refractivity contribution is 0.104. The normalized spacial score (nSPS) is 10.7. The van der Waals surface area contributed by atoms with Gasteiger partial charge in [-0.3, -0.25) is 4.79 Å². The molecule has 2 aromatic carbocycles. The van der Waals surface area contributed by atoms with Crippen LogP contribution >= 0.6 is 0 Å². The van der Waals surface area contributed by atoms with Gasteiger partial charge >= 0.3 is 0 Å². The van der Waals surface area contributed by atoms with Gasteiger partial charge in [-0.15, -0.1) is 0 Å². The number of rotatable bonds is 9. The lowest BCUT2D eigenvalue weighted by Gasteiger charge is -2.09. The van der Waals surface area contributed by atoms with Crippen LogP contribution in [0.3, 0.4) is 0 Å². The van der Waals surface area contributed by atoms with Gasteiger partial charge in [0, 0.05) is 11.6 Å². The number of ketones is 1. The molecule has 0 aromatic heterocycles. The molecule has 0 bridgehead atoms. The zero-order valence-corrected chi connectivity index (χ0v) is 15.0. The number of benzene rings is 2. The Morgan fingerprint density at radius 2 is 1.84 bits per heavy atom. The molecule has 0 atom stereocenters. The van der Waals surface area contributed by atoms with Crippen molar-refractivity contribution in [3.05, 3.63) is 59.7 Å². The van der Waals surface area contributed by atoms with Gasteiger partial charge < -0.3 is 14.2 Å². The van der Waals surface area contributed by atoms with E-state index >= 15 is 0 Å². The minimum atomic E-state index is -0.107. The van der Waals surface area contributed by atoms with E-state index in [1.165, 1.54) is 6.08 Å². The molecule has 0 aliphatic carbocycles. The van der Waals surface area contributed by atoms with Crippen LogP contribution in [0.4, 0.5) is 0 Å². The van der Waals surface area contributed by atoms with Crippen LogP contribution in [-0.2, 0) is 0 Å². The molecular formula is C21H24O4. The van der Waals surface area contributed by atoms with E-state index in [1.54, 1.807) is 32.4 Å². The monoisotopic (exact) mass is 340 g/mol. The van der Waals surface area contributed by atoms with Crippen molar-refractivity contribution in [1.82, 2.24) is 0 Å². The maximum atomic E-state index is 12.6. The first-order chi connectivity index (χ1) is 12.2. The van der Waals surface area contributed by atoms with E-state index in [-0.39, 0.29) is 5.78 Å². The Bertz CT molecular complexity index is 734. The van der Waals surface area contributed by atoms with Crippen molar-refractivity contribution in [3.63, 3.8) is 0 Å². The van der Waals surface area contributed by atoms with Crippen LogP contribution in [-0.4, -0.2) is 26.6 Å². The molecule has 0 aliphatic heterocycles. The average Bonchev–Trinajstić information content (AvgIpc) is 2.66. The Kier molecular flexibility index (Phi) is 7.08. The number of ether oxygens (including phenoxy) is 3.